The number of nitrogens with zero attached hydrogens (tertiary/aromatic N) is 3. The van der Waals surface area contributed by atoms with E-state index < -0.39 is 22.0 Å². The molecular formula is C25H31ClN4O5S2. The largest absolute Gasteiger partial charge is 0.493 e. The number of halogens is 1. The van der Waals surface area contributed by atoms with Gasteiger partial charge in [-0.1, -0.05) is 11.6 Å². The normalized spacial score (nSPS) is 12.1. The van der Waals surface area contributed by atoms with Crippen LogP contribution in [-0.4, -0.2) is 60.2 Å². The van der Waals surface area contributed by atoms with Crippen LogP contribution in [-0.2, 0) is 21.2 Å². The summed E-state index contributed by atoms with van der Waals surface area (Å²) < 4.78 is 40.4. The number of benzene rings is 2. The van der Waals surface area contributed by atoms with E-state index in [1.54, 1.807) is 31.3 Å². The summed E-state index contributed by atoms with van der Waals surface area (Å²) in [6.07, 6.45) is 1.76. The molecule has 0 aliphatic carbocycles. The zero-order chi connectivity index (χ0) is 27.3. The van der Waals surface area contributed by atoms with E-state index in [2.05, 4.69) is 10.3 Å². The van der Waals surface area contributed by atoms with E-state index in [0.717, 1.165) is 19.9 Å². The van der Waals surface area contributed by atoms with Crippen molar-refractivity contribution in [2.45, 2.75) is 31.2 Å². The van der Waals surface area contributed by atoms with Crippen molar-refractivity contribution >= 4 is 50.2 Å². The Labute approximate surface area is 227 Å². The lowest BCUT2D eigenvalue weighted by atomic mass is 10.1. The molecule has 2 aromatic carbocycles. The second-order valence-corrected chi connectivity index (χ2v) is 11.8. The molecule has 0 bridgehead atoms. The number of thiazole rings is 1. The number of methoxy groups -OCH3 is 2. The molecule has 0 fully saturated rings. The van der Waals surface area contributed by atoms with Crippen LogP contribution in [0.4, 0.5) is 11.4 Å². The summed E-state index contributed by atoms with van der Waals surface area (Å²) in [4.78, 5) is 20.3. The molecule has 0 radical (unpaired) electrons. The number of anilines is 2. The Morgan fingerprint density at radius 1 is 1.14 bits per heavy atom. The van der Waals surface area contributed by atoms with Gasteiger partial charge in [0.25, 0.3) is 10.0 Å². The third-order valence-corrected chi connectivity index (χ3v) is 8.67. The van der Waals surface area contributed by atoms with Crippen LogP contribution in [0.1, 0.15) is 16.8 Å². The number of sulfonamides is 1. The lowest BCUT2D eigenvalue weighted by Crippen LogP contribution is -2.51. The molecule has 12 heteroatoms. The average Bonchev–Trinajstić information content (AvgIpc) is 3.28. The Bertz CT molecular complexity index is 1360. The quantitative estimate of drug-likeness (QED) is 0.372. The van der Waals surface area contributed by atoms with E-state index in [0.29, 0.717) is 12.3 Å². The molecule has 3 aromatic rings. The van der Waals surface area contributed by atoms with E-state index in [9.17, 15) is 13.2 Å². The second kappa shape index (κ2) is 12.0. The van der Waals surface area contributed by atoms with Gasteiger partial charge < -0.3 is 19.7 Å². The molecule has 1 unspecified atom stereocenters. The van der Waals surface area contributed by atoms with E-state index in [4.69, 9.17) is 21.1 Å². The minimum absolute atomic E-state index is 0.0775. The van der Waals surface area contributed by atoms with Gasteiger partial charge in [0.1, 0.15) is 6.04 Å². The maximum absolute atomic E-state index is 14.3. The monoisotopic (exact) mass is 566 g/mol. The number of rotatable bonds is 11. The van der Waals surface area contributed by atoms with Crippen molar-refractivity contribution in [3.63, 3.8) is 0 Å². The highest BCUT2D eigenvalue weighted by atomic mass is 35.5. The number of carbonyl (C=O) groups is 1. The Kier molecular flexibility index (Phi) is 9.27. The van der Waals surface area contributed by atoms with Crippen LogP contribution < -0.4 is 24.0 Å². The molecule has 1 aromatic heterocycles. The number of nitrogens with one attached hydrogen (secondary N) is 1. The zero-order valence-corrected chi connectivity index (χ0v) is 24.0. The predicted octanol–water partition coefficient (Wildman–Crippen LogP) is 4.13. The first-order valence-corrected chi connectivity index (χ1v) is 14.1. The number of hydrogen-bond acceptors (Lipinski definition) is 8. The van der Waals surface area contributed by atoms with Crippen molar-refractivity contribution in [2.24, 2.45) is 0 Å². The van der Waals surface area contributed by atoms with Crippen LogP contribution in [0.3, 0.4) is 0 Å². The Morgan fingerprint density at radius 2 is 1.84 bits per heavy atom. The van der Waals surface area contributed by atoms with Gasteiger partial charge in [0.05, 0.1) is 34.8 Å². The van der Waals surface area contributed by atoms with Crippen LogP contribution in [0.25, 0.3) is 0 Å². The fourth-order valence-electron chi connectivity index (χ4n) is 3.77. The van der Waals surface area contributed by atoms with Gasteiger partial charge in [-0.2, -0.15) is 0 Å². The molecule has 1 N–H and O–H groups in total. The standard InChI is InChI=1S/C25H31ClN4O5S2/c1-7-27-25(31)22(13-18-15-28-16(2)36-18)30(21-12-17(29(3)4)8-10-20(21)26)37(32,33)19-9-11-23(34-5)24(14-19)35-6/h8-12,14-15,22H,7,13H2,1-6H3,(H,27,31). The van der Waals surface area contributed by atoms with Gasteiger partial charge in [0, 0.05) is 49.9 Å². The van der Waals surface area contributed by atoms with Gasteiger partial charge in [-0.3, -0.25) is 9.10 Å². The molecular weight excluding hydrogens is 536 g/mol. The number of aryl methyl sites for hydroxylation is 1. The summed E-state index contributed by atoms with van der Waals surface area (Å²) in [5, 5.41) is 3.78. The van der Waals surface area contributed by atoms with E-state index in [1.807, 2.05) is 25.9 Å². The van der Waals surface area contributed by atoms with Gasteiger partial charge in [0.15, 0.2) is 11.5 Å². The molecule has 200 valence electrons. The van der Waals surface area contributed by atoms with Gasteiger partial charge in [-0.05, 0) is 44.2 Å². The molecule has 3 rings (SSSR count). The highest BCUT2D eigenvalue weighted by Crippen LogP contribution is 2.38. The van der Waals surface area contributed by atoms with Crippen LogP contribution >= 0.6 is 22.9 Å². The highest BCUT2D eigenvalue weighted by Gasteiger charge is 2.38. The Hall–Kier alpha value is -3.02. The van der Waals surface area contributed by atoms with Crippen LogP contribution in [0.15, 0.2) is 47.5 Å². The number of likely N-dealkylation sites (N-methyl/N-ethyl adjacent to an activating group) is 1. The fraction of sp³-hybridized carbons (Fsp3) is 0.360. The summed E-state index contributed by atoms with van der Waals surface area (Å²) in [6.45, 7) is 3.95. The number of amides is 1. The first kappa shape index (κ1) is 28.5. The first-order valence-electron chi connectivity index (χ1n) is 11.5. The molecule has 0 saturated carbocycles. The van der Waals surface area contributed by atoms with Crippen molar-refractivity contribution < 1.29 is 22.7 Å². The van der Waals surface area contributed by atoms with E-state index in [1.165, 1.54) is 43.8 Å². The lowest BCUT2D eigenvalue weighted by molar-refractivity contribution is -0.122. The molecule has 37 heavy (non-hydrogen) atoms. The minimum atomic E-state index is -4.33. The molecule has 0 saturated heterocycles. The molecule has 1 amide bonds. The molecule has 0 spiro atoms. The van der Waals surface area contributed by atoms with Gasteiger partial charge in [0.2, 0.25) is 5.91 Å². The summed E-state index contributed by atoms with van der Waals surface area (Å²) in [5.41, 5.74) is 0.898. The smallest absolute Gasteiger partial charge is 0.265 e. The Morgan fingerprint density at radius 3 is 2.41 bits per heavy atom. The van der Waals surface area contributed by atoms with Gasteiger partial charge in [-0.25, -0.2) is 13.4 Å². The summed E-state index contributed by atoms with van der Waals surface area (Å²) >= 11 is 8.02. The third kappa shape index (κ3) is 6.28. The van der Waals surface area contributed by atoms with Crippen molar-refractivity contribution in [1.82, 2.24) is 10.3 Å². The highest BCUT2D eigenvalue weighted by molar-refractivity contribution is 7.93. The maximum atomic E-state index is 14.3. The molecule has 0 aliphatic heterocycles. The van der Waals surface area contributed by atoms with Gasteiger partial charge >= 0.3 is 0 Å². The van der Waals surface area contributed by atoms with Crippen LogP contribution in [0.5, 0.6) is 11.5 Å². The first-order chi connectivity index (χ1) is 17.5. The topological polar surface area (TPSA) is 101 Å². The van der Waals surface area contributed by atoms with Crippen molar-refractivity contribution in [2.75, 3.05) is 44.1 Å². The van der Waals surface area contributed by atoms with E-state index in [-0.39, 0.29) is 27.8 Å². The molecule has 1 heterocycles. The number of hydrogen-bond donors (Lipinski definition) is 1. The minimum Gasteiger partial charge on any atom is -0.493 e. The Balaban J connectivity index is 2.30. The molecule has 0 aliphatic rings. The van der Waals surface area contributed by atoms with Crippen molar-refractivity contribution in [1.29, 1.82) is 0 Å². The molecule has 9 nitrogen and oxygen atoms in total. The fourth-order valence-corrected chi connectivity index (χ4v) is 6.50. The lowest BCUT2D eigenvalue weighted by Gasteiger charge is -2.33. The SMILES string of the molecule is CCNC(=O)C(Cc1cnc(C)s1)N(c1cc(N(C)C)ccc1Cl)S(=O)(=O)c1ccc(OC)c(OC)c1. The van der Waals surface area contributed by atoms with E-state index >= 15 is 0 Å². The van der Waals surface area contributed by atoms with Gasteiger partial charge in [-0.15, -0.1) is 11.3 Å². The van der Waals surface area contributed by atoms with Crippen molar-refractivity contribution in [3.05, 3.63) is 57.5 Å². The van der Waals surface area contributed by atoms with Crippen molar-refractivity contribution in [3.8, 4) is 11.5 Å². The average molecular weight is 567 g/mol. The third-order valence-electron chi connectivity index (χ3n) is 5.60. The zero-order valence-electron chi connectivity index (χ0n) is 21.6. The maximum Gasteiger partial charge on any atom is 0.265 e. The van der Waals surface area contributed by atoms with Crippen LogP contribution in [0.2, 0.25) is 5.02 Å². The number of carbonyl (C=O) groups excluding carboxylic acids is 1. The number of aromatic nitrogens is 1. The summed E-state index contributed by atoms with van der Waals surface area (Å²) in [5.74, 6) is 0.161. The predicted molar refractivity (Wildman–Crippen MR) is 148 cm³/mol. The summed E-state index contributed by atoms with van der Waals surface area (Å²) in [6, 6.07) is 8.21. The molecule has 1 atom stereocenters. The second-order valence-electron chi connectivity index (χ2n) is 8.31. The number of ether oxygens (including phenoxy) is 2. The van der Waals surface area contributed by atoms with Crippen LogP contribution in [0, 0.1) is 6.92 Å². The summed E-state index contributed by atoms with van der Waals surface area (Å²) in [7, 11) is 2.22.